The fourth-order valence-electron chi connectivity index (χ4n) is 1.80. The highest BCUT2D eigenvalue weighted by Crippen LogP contribution is 2.13. The fraction of sp³-hybridized carbons (Fsp3) is 0.889. The largest absolute Gasteiger partial charge is 0.353 e. The fourth-order valence-corrected chi connectivity index (χ4v) is 1.80. The van der Waals surface area contributed by atoms with E-state index >= 15 is 0 Å². The van der Waals surface area contributed by atoms with Crippen LogP contribution < -0.4 is 0 Å². The molecule has 1 rings (SSSR count). The number of allylic oxidation sites excluding steroid dienone is 1. The number of rotatable bonds is 11. The maximum atomic E-state index is 5.50. The Morgan fingerprint density at radius 3 is 2.00 bits per heavy atom. The van der Waals surface area contributed by atoms with Crippen LogP contribution in [-0.2, 0) is 9.47 Å². The van der Waals surface area contributed by atoms with Gasteiger partial charge in [-0.05, 0) is 12.3 Å². The van der Waals surface area contributed by atoms with E-state index in [4.69, 9.17) is 9.47 Å². The molecule has 0 aromatic carbocycles. The first-order chi connectivity index (χ1) is 9.70. The molecule has 0 spiro atoms. The third-order valence-electron chi connectivity index (χ3n) is 3.43. The normalized spacial score (nSPS) is 17.3. The summed E-state index contributed by atoms with van der Waals surface area (Å²) in [5.74, 6) is 0.648. The van der Waals surface area contributed by atoms with Crippen LogP contribution >= 0.6 is 0 Å². The molecule has 20 heavy (non-hydrogen) atoms. The molecule has 0 saturated carbocycles. The molecule has 1 aliphatic heterocycles. The Hall–Kier alpha value is -0.340. The minimum Gasteiger partial charge on any atom is -0.353 e. The lowest BCUT2D eigenvalue weighted by Crippen LogP contribution is -2.29. The van der Waals surface area contributed by atoms with E-state index in [0.717, 1.165) is 19.6 Å². The molecule has 1 unspecified atom stereocenters. The highest BCUT2D eigenvalue weighted by atomic mass is 16.7. The van der Waals surface area contributed by atoms with Gasteiger partial charge in [-0.15, -0.1) is 6.58 Å². The molecule has 0 radical (unpaired) electrons. The second kappa shape index (κ2) is 15.1. The Morgan fingerprint density at radius 1 is 1.10 bits per heavy atom. The van der Waals surface area contributed by atoms with E-state index in [9.17, 15) is 0 Å². The average Bonchev–Trinajstić information content (AvgIpc) is 2.39. The second-order valence-electron chi connectivity index (χ2n) is 5.91. The van der Waals surface area contributed by atoms with Gasteiger partial charge in [0.1, 0.15) is 0 Å². The SMILES string of the molecule is C=CC(C)C.CCCCCCCCCCOC1CCO1. The molecular formula is C18H36O2. The highest BCUT2D eigenvalue weighted by Gasteiger charge is 2.17. The molecule has 0 N–H and O–H groups in total. The van der Waals surface area contributed by atoms with E-state index in [0.29, 0.717) is 5.92 Å². The average molecular weight is 284 g/mol. The summed E-state index contributed by atoms with van der Waals surface area (Å²) in [7, 11) is 0. The van der Waals surface area contributed by atoms with Gasteiger partial charge in [0.2, 0.25) is 0 Å². The third kappa shape index (κ3) is 14.1. The number of hydrogen-bond donors (Lipinski definition) is 0. The standard InChI is InChI=1S/C13H26O2.C5H10/c1-2-3-4-5-6-7-8-9-11-14-13-10-12-15-13;1-4-5(2)3/h13H,2-12H2,1H3;4-5H,1H2,2-3H3. The van der Waals surface area contributed by atoms with Gasteiger partial charge in [0, 0.05) is 13.0 Å². The van der Waals surface area contributed by atoms with Crippen molar-refractivity contribution in [3.63, 3.8) is 0 Å². The van der Waals surface area contributed by atoms with Crippen LogP contribution in [0.2, 0.25) is 0 Å². The van der Waals surface area contributed by atoms with Crippen LogP contribution in [0.3, 0.4) is 0 Å². The smallest absolute Gasteiger partial charge is 0.159 e. The predicted octanol–water partition coefficient (Wildman–Crippen LogP) is 5.72. The highest BCUT2D eigenvalue weighted by molar-refractivity contribution is 4.69. The van der Waals surface area contributed by atoms with Gasteiger partial charge in [0.15, 0.2) is 6.29 Å². The molecular weight excluding hydrogens is 248 g/mol. The third-order valence-corrected chi connectivity index (χ3v) is 3.43. The van der Waals surface area contributed by atoms with Crippen molar-refractivity contribution in [3.8, 4) is 0 Å². The first kappa shape index (κ1) is 19.7. The van der Waals surface area contributed by atoms with Crippen molar-refractivity contribution in [2.45, 2.75) is 84.8 Å². The van der Waals surface area contributed by atoms with Gasteiger partial charge >= 0.3 is 0 Å². The summed E-state index contributed by atoms with van der Waals surface area (Å²) in [5, 5.41) is 0. The number of unbranched alkanes of at least 4 members (excludes halogenated alkanes) is 7. The molecule has 0 amide bonds. The molecule has 1 aliphatic rings. The maximum Gasteiger partial charge on any atom is 0.159 e. The van der Waals surface area contributed by atoms with E-state index < -0.39 is 0 Å². The quantitative estimate of drug-likeness (QED) is 0.357. The summed E-state index contributed by atoms with van der Waals surface area (Å²) in [4.78, 5) is 0. The van der Waals surface area contributed by atoms with Crippen molar-refractivity contribution in [1.82, 2.24) is 0 Å². The van der Waals surface area contributed by atoms with E-state index in [1.165, 1.54) is 51.4 Å². The van der Waals surface area contributed by atoms with Crippen molar-refractivity contribution in [3.05, 3.63) is 12.7 Å². The zero-order valence-corrected chi connectivity index (χ0v) is 14.0. The zero-order chi connectivity index (χ0) is 15.1. The van der Waals surface area contributed by atoms with Crippen LogP contribution in [0, 0.1) is 5.92 Å². The number of ether oxygens (including phenoxy) is 2. The second-order valence-corrected chi connectivity index (χ2v) is 5.91. The van der Waals surface area contributed by atoms with Crippen LogP contribution in [0.25, 0.3) is 0 Å². The molecule has 120 valence electrons. The van der Waals surface area contributed by atoms with Crippen LogP contribution in [-0.4, -0.2) is 19.5 Å². The van der Waals surface area contributed by atoms with Gasteiger partial charge in [0.25, 0.3) is 0 Å². The monoisotopic (exact) mass is 284 g/mol. The first-order valence-electron chi connectivity index (χ1n) is 8.56. The Labute approximate surface area is 126 Å². The van der Waals surface area contributed by atoms with E-state index in [2.05, 4.69) is 27.4 Å². The zero-order valence-electron chi connectivity index (χ0n) is 14.0. The summed E-state index contributed by atoms with van der Waals surface area (Å²) in [6.45, 7) is 11.8. The van der Waals surface area contributed by atoms with E-state index in [1.54, 1.807) is 0 Å². The van der Waals surface area contributed by atoms with Gasteiger partial charge in [-0.1, -0.05) is 71.8 Å². The summed E-state index contributed by atoms with van der Waals surface area (Å²) in [6, 6.07) is 0. The van der Waals surface area contributed by atoms with Crippen LogP contribution in [0.4, 0.5) is 0 Å². The van der Waals surface area contributed by atoms with Crippen molar-refractivity contribution in [2.75, 3.05) is 13.2 Å². The van der Waals surface area contributed by atoms with Crippen LogP contribution in [0.5, 0.6) is 0 Å². The molecule has 0 aliphatic carbocycles. The molecule has 2 nitrogen and oxygen atoms in total. The molecule has 0 aromatic rings. The molecule has 1 heterocycles. The number of hydrogen-bond acceptors (Lipinski definition) is 2. The van der Waals surface area contributed by atoms with Gasteiger partial charge in [-0.25, -0.2) is 0 Å². The molecule has 1 saturated heterocycles. The Kier molecular flexibility index (Phi) is 14.8. The maximum absolute atomic E-state index is 5.50. The Balaban J connectivity index is 0.000000621. The summed E-state index contributed by atoms with van der Waals surface area (Å²) >= 11 is 0. The van der Waals surface area contributed by atoms with Gasteiger partial charge in [-0.2, -0.15) is 0 Å². The van der Waals surface area contributed by atoms with Crippen LogP contribution in [0.1, 0.15) is 78.6 Å². The minimum atomic E-state index is 0.134. The van der Waals surface area contributed by atoms with E-state index in [-0.39, 0.29) is 6.29 Å². The van der Waals surface area contributed by atoms with Crippen molar-refractivity contribution >= 4 is 0 Å². The van der Waals surface area contributed by atoms with Crippen molar-refractivity contribution < 1.29 is 9.47 Å². The summed E-state index contributed by atoms with van der Waals surface area (Å²) in [6.07, 6.45) is 14.0. The van der Waals surface area contributed by atoms with E-state index in [1.807, 2.05) is 6.08 Å². The topological polar surface area (TPSA) is 18.5 Å². The summed E-state index contributed by atoms with van der Waals surface area (Å²) in [5.41, 5.74) is 0. The molecule has 1 fully saturated rings. The van der Waals surface area contributed by atoms with Crippen LogP contribution in [0.15, 0.2) is 12.7 Å². The lowest BCUT2D eigenvalue weighted by molar-refractivity contribution is -0.214. The molecule has 1 atom stereocenters. The first-order valence-corrected chi connectivity index (χ1v) is 8.56. The molecule has 0 aromatic heterocycles. The lowest BCUT2D eigenvalue weighted by Gasteiger charge is -2.26. The van der Waals surface area contributed by atoms with Gasteiger partial charge < -0.3 is 9.47 Å². The lowest BCUT2D eigenvalue weighted by atomic mass is 10.1. The van der Waals surface area contributed by atoms with Crippen molar-refractivity contribution in [1.29, 1.82) is 0 Å². The Morgan fingerprint density at radius 2 is 1.60 bits per heavy atom. The van der Waals surface area contributed by atoms with Gasteiger partial charge in [0.05, 0.1) is 6.61 Å². The molecule has 2 heteroatoms. The van der Waals surface area contributed by atoms with Crippen molar-refractivity contribution in [2.24, 2.45) is 5.92 Å². The predicted molar refractivity (Wildman–Crippen MR) is 88.0 cm³/mol. The molecule has 0 bridgehead atoms. The summed E-state index contributed by atoms with van der Waals surface area (Å²) < 4.78 is 10.7. The van der Waals surface area contributed by atoms with Gasteiger partial charge in [-0.3, -0.25) is 0 Å². The Bertz CT molecular complexity index is 198. The minimum absolute atomic E-state index is 0.134.